The van der Waals surface area contributed by atoms with Crippen LogP contribution < -0.4 is 5.32 Å². The van der Waals surface area contributed by atoms with Crippen molar-refractivity contribution in [3.05, 3.63) is 34.6 Å². The Kier molecular flexibility index (Phi) is 4.63. The van der Waals surface area contributed by atoms with E-state index in [-0.39, 0.29) is 11.9 Å². The minimum atomic E-state index is -0.268. The van der Waals surface area contributed by atoms with Crippen LogP contribution in [-0.4, -0.2) is 7.05 Å². The fraction of sp³-hybridized carbons (Fsp3) is 0.600. The van der Waals surface area contributed by atoms with Gasteiger partial charge in [-0.05, 0) is 49.4 Å². The van der Waals surface area contributed by atoms with Crippen LogP contribution in [0.3, 0.4) is 0 Å². The van der Waals surface area contributed by atoms with E-state index in [1.165, 1.54) is 37.8 Å². The molecule has 0 saturated heterocycles. The topological polar surface area (TPSA) is 12.0 Å². The summed E-state index contributed by atoms with van der Waals surface area (Å²) < 4.78 is 13.1. The Hall–Kier alpha value is -0.600. The Morgan fingerprint density at radius 3 is 2.50 bits per heavy atom. The lowest BCUT2D eigenvalue weighted by Gasteiger charge is -2.33. The number of rotatable bonds is 3. The van der Waals surface area contributed by atoms with Gasteiger partial charge < -0.3 is 5.32 Å². The predicted molar refractivity (Wildman–Crippen MR) is 74.3 cm³/mol. The molecule has 18 heavy (non-hydrogen) atoms. The second-order valence-electron chi connectivity index (χ2n) is 5.45. The van der Waals surface area contributed by atoms with Crippen LogP contribution in [0.2, 0.25) is 5.02 Å². The van der Waals surface area contributed by atoms with Gasteiger partial charge in [0, 0.05) is 11.1 Å². The van der Waals surface area contributed by atoms with Crippen molar-refractivity contribution in [3.8, 4) is 0 Å². The molecule has 0 bridgehead atoms. The fourth-order valence-electron chi connectivity index (χ4n) is 3.02. The minimum absolute atomic E-state index is 0.241. The van der Waals surface area contributed by atoms with E-state index in [2.05, 4.69) is 12.2 Å². The van der Waals surface area contributed by atoms with Crippen LogP contribution in [0.25, 0.3) is 0 Å². The molecule has 100 valence electrons. The molecule has 1 nitrogen and oxygen atoms in total. The van der Waals surface area contributed by atoms with E-state index < -0.39 is 0 Å². The highest BCUT2D eigenvalue weighted by Gasteiger charge is 2.27. The van der Waals surface area contributed by atoms with Crippen molar-refractivity contribution in [1.29, 1.82) is 0 Å². The molecule has 0 spiro atoms. The third-order valence-corrected chi connectivity index (χ3v) is 4.47. The zero-order chi connectivity index (χ0) is 13.1. The lowest BCUT2D eigenvalue weighted by atomic mass is 9.77. The molecule has 1 saturated carbocycles. The van der Waals surface area contributed by atoms with Crippen molar-refractivity contribution >= 4 is 11.6 Å². The van der Waals surface area contributed by atoms with Crippen LogP contribution >= 0.6 is 11.6 Å². The maximum absolute atomic E-state index is 13.1. The molecule has 2 rings (SSSR count). The molecule has 0 amide bonds. The van der Waals surface area contributed by atoms with Gasteiger partial charge in [0.15, 0.2) is 0 Å². The molecule has 1 fully saturated rings. The van der Waals surface area contributed by atoms with Gasteiger partial charge in [-0.25, -0.2) is 4.39 Å². The standard InChI is InChI=1S/C15H21ClFN/c1-10-3-5-11(6-4-10)15(18-2)13-8-7-12(17)9-14(13)16/h7-11,15,18H,3-6H2,1-2H3. The molecule has 1 aromatic carbocycles. The number of halogens is 2. The second-order valence-corrected chi connectivity index (χ2v) is 5.86. The van der Waals surface area contributed by atoms with Crippen LogP contribution in [0.4, 0.5) is 4.39 Å². The van der Waals surface area contributed by atoms with Gasteiger partial charge in [-0.15, -0.1) is 0 Å². The van der Waals surface area contributed by atoms with E-state index in [9.17, 15) is 4.39 Å². The molecule has 1 N–H and O–H groups in total. The Bertz CT molecular complexity index is 399. The van der Waals surface area contributed by atoms with Gasteiger partial charge in [0.1, 0.15) is 5.82 Å². The zero-order valence-electron chi connectivity index (χ0n) is 11.0. The maximum Gasteiger partial charge on any atom is 0.124 e. The molecular formula is C15H21ClFN. The van der Waals surface area contributed by atoms with Crippen molar-refractivity contribution in [3.63, 3.8) is 0 Å². The average molecular weight is 270 g/mol. The highest BCUT2D eigenvalue weighted by Crippen LogP contribution is 2.38. The van der Waals surface area contributed by atoms with Crippen molar-refractivity contribution in [2.45, 2.75) is 38.6 Å². The minimum Gasteiger partial charge on any atom is -0.313 e. The SMILES string of the molecule is CNC(c1ccc(F)cc1Cl)C1CCC(C)CC1. The normalized spacial score (nSPS) is 26.0. The van der Waals surface area contributed by atoms with Crippen LogP contribution in [0, 0.1) is 17.7 Å². The summed E-state index contributed by atoms with van der Waals surface area (Å²) in [5, 5.41) is 3.89. The molecule has 0 radical (unpaired) electrons. The molecule has 1 unspecified atom stereocenters. The third-order valence-electron chi connectivity index (χ3n) is 4.14. The quantitative estimate of drug-likeness (QED) is 0.848. The molecule has 0 heterocycles. The fourth-order valence-corrected chi connectivity index (χ4v) is 3.30. The summed E-state index contributed by atoms with van der Waals surface area (Å²) >= 11 is 6.17. The molecule has 1 aliphatic rings. The molecule has 1 atom stereocenters. The number of benzene rings is 1. The first-order valence-corrected chi connectivity index (χ1v) is 7.11. The van der Waals surface area contributed by atoms with Gasteiger partial charge in [0.2, 0.25) is 0 Å². The lowest BCUT2D eigenvalue weighted by molar-refractivity contribution is 0.238. The number of hydrogen-bond acceptors (Lipinski definition) is 1. The first kappa shape index (κ1) is 13.8. The van der Waals surface area contributed by atoms with Crippen LogP contribution in [0.5, 0.6) is 0 Å². The molecule has 1 aromatic rings. The van der Waals surface area contributed by atoms with Crippen molar-refractivity contribution < 1.29 is 4.39 Å². The summed E-state index contributed by atoms with van der Waals surface area (Å²) in [4.78, 5) is 0. The third kappa shape index (κ3) is 3.04. The van der Waals surface area contributed by atoms with Crippen molar-refractivity contribution in [1.82, 2.24) is 5.32 Å². The zero-order valence-corrected chi connectivity index (χ0v) is 11.8. The molecule has 3 heteroatoms. The van der Waals surface area contributed by atoms with E-state index in [4.69, 9.17) is 11.6 Å². The largest absolute Gasteiger partial charge is 0.313 e. The van der Waals surface area contributed by atoms with E-state index in [0.29, 0.717) is 10.9 Å². The summed E-state index contributed by atoms with van der Waals surface area (Å²) in [6.45, 7) is 2.31. The van der Waals surface area contributed by atoms with Gasteiger partial charge in [0.05, 0.1) is 0 Å². The predicted octanol–water partition coefficient (Wildman–Crippen LogP) is 4.57. The smallest absolute Gasteiger partial charge is 0.124 e. The van der Waals surface area contributed by atoms with E-state index >= 15 is 0 Å². The Balaban J connectivity index is 2.17. The summed E-state index contributed by atoms with van der Waals surface area (Å²) in [6.07, 6.45) is 5.00. The Morgan fingerprint density at radius 1 is 1.28 bits per heavy atom. The van der Waals surface area contributed by atoms with Crippen LogP contribution in [0.1, 0.15) is 44.2 Å². The first-order valence-electron chi connectivity index (χ1n) is 6.74. The molecule has 1 aliphatic carbocycles. The first-order chi connectivity index (χ1) is 8.61. The van der Waals surface area contributed by atoms with E-state index in [1.54, 1.807) is 0 Å². The highest BCUT2D eigenvalue weighted by atomic mass is 35.5. The summed E-state index contributed by atoms with van der Waals surface area (Å²) in [5.74, 6) is 1.17. The van der Waals surface area contributed by atoms with Gasteiger partial charge >= 0.3 is 0 Å². The van der Waals surface area contributed by atoms with Gasteiger partial charge in [-0.1, -0.05) is 37.4 Å². The van der Waals surface area contributed by atoms with E-state index in [1.807, 2.05) is 13.1 Å². The highest BCUT2D eigenvalue weighted by molar-refractivity contribution is 6.31. The van der Waals surface area contributed by atoms with Crippen LogP contribution in [-0.2, 0) is 0 Å². The monoisotopic (exact) mass is 269 g/mol. The molecule has 0 aliphatic heterocycles. The summed E-state index contributed by atoms with van der Waals surface area (Å²) in [7, 11) is 1.96. The molecule has 0 aromatic heterocycles. The van der Waals surface area contributed by atoms with Gasteiger partial charge in [-0.2, -0.15) is 0 Å². The van der Waals surface area contributed by atoms with Crippen LogP contribution in [0.15, 0.2) is 18.2 Å². The Morgan fingerprint density at radius 2 is 1.94 bits per heavy atom. The number of hydrogen-bond donors (Lipinski definition) is 1. The van der Waals surface area contributed by atoms with Crippen molar-refractivity contribution in [2.75, 3.05) is 7.05 Å². The van der Waals surface area contributed by atoms with Gasteiger partial charge in [0.25, 0.3) is 0 Å². The van der Waals surface area contributed by atoms with Crippen molar-refractivity contribution in [2.24, 2.45) is 11.8 Å². The maximum atomic E-state index is 13.1. The lowest BCUT2D eigenvalue weighted by Crippen LogP contribution is -2.28. The van der Waals surface area contributed by atoms with Gasteiger partial charge in [-0.3, -0.25) is 0 Å². The number of nitrogens with one attached hydrogen (secondary N) is 1. The second kappa shape index (κ2) is 6.03. The van der Waals surface area contributed by atoms with E-state index in [0.717, 1.165) is 11.5 Å². The Labute approximate surface area is 114 Å². The molecular weight excluding hydrogens is 249 g/mol. The average Bonchev–Trinajstić information content (AvgIpc) is 2.35. The summed E-state index contributed by atoms with van der Waals surface area (Å²) in [5.41, 5.74) is 1.03. The summed E-state index contributed by atoms with van der Waals surface area (Å²) in [6, 6.07) is 4.96.